The number of hydrogen-bond donors (Lipinski definition) is 4. The first-order valence-corrected chi connectivity index (χ1v) is 4.73. The van der Waals surface area contributed by atoms with E-state index < -0.39 is 23.8 Å². The fraction of sp³-hybridized carbons (Fsp3) is 0.889. The van der Waals surface area contributed by atoms with Crippen molar-refractivity contribution >= 4 is 5.97 Å². The van der Waals surface area contributed by atoms with E-state index in [-0.39, 0.29) is 12.8 Å². The molecule has 3 atom stereocenters. The zero-order chi connectivity index (χ0) is 11.4. The van der Waals surface area contributed by atoms with Crippen LogP contribution < -0.4 is 0 Å². The Hall–Kier alpha value is -0.650. The molecule has 0 saturated heterocycles. The second kappa shape index (κ2) is 5.29. The summed E-state index contributed by atoms with van der Waals surface area (Å²) < 4.78 is 0. The van der Waals surface area contributed by atoms with Gasteiger partial charge in [-0.25, -0.2) is 4.79 Å². The van der Waals surface area contributed by atoms with Crippen LogP contribution in [0.3, 0.4) is 0 Å². The van der Waals surface area contributed by atoms with E-state index >= 15 is 0 Å². The molecule has 0 heterocycles. The number of aliphatic carboxylic acids is 1. The minimum absolute atomic E-state index is 0.0730. The van der Waals surface area contributed by atoms with E-state index in [1.165, 1.54) is 6.92 Å². The van der Waals surface area contributed by atoms with Crippen LogP contribution in [0.5, 0.6) is 0 Å². The Labute approximate surface area is 83.0 Å². The van der Waals surface area contributed by atoms with Crippen LogP contribution in [0.4, 0.5) is 0 Å². The van der Waals surface area contributed by atoms with Gasteiger partial charge in [0.25, 0.3) is 0 Å². The van der Waals surface area contributed by atoms with Crippen LogP contribution in [0.25, 0.3) is 0 Å². The van der Waals surface area contributed by atoms with E-state index in [1.807, 2.05) is 0 Å². The van der Waals surface area contributed by atoms with Crippen molar-refractivity contribution in [3.63, 3.8) is 0 Å². The number of carbonyl (C=O) groups is 1. The third-order valence-corrected chi connectivity index (χ3v) is 2.31. The fourth-order valence-electron chi connectivity index (χ4n) is 1.31. The lowest BCUT2D eigenvalue weighted by Crippen LogP contribution is -2.58. The first-order valence-electron chi connectivity index (χ1n) is 4.73. The molecule has 14 heavy (non-hydrogen) atoms. The van der Waals surface area contributed by atoms with Crippen molar-refractivity contribution in [3.05, 3.63) is 0 Å². The highest BCUT2D eigenvalue weighted by atomic mass is 16.4. The molecule has 4 N–H and O–H groups in total. The molecule has 0 aromatic carbocycles. The Kier molecular flexibility index (Phi) is 5.04. The molecule has 0 amide bonds. The number of aliphatic hydroxyl groups is 3. The Balaban J connectivity index is 4.79. The molecule has 0 aliphatic rings. The van der Waals surface area contributed by atoms with Crippen molar-refractivity contribution < 1.29 is 25.2 Å². The molecule has 0 rings (SSSR count). The van der Waals surface area contributed by atoms with Crippen molar-refractivity contribution in [2.75, 3.05) is 0 Å². The van der Waals surface area contributed by atoms with Gasteiger partial charge in [-0.1, -0.05) is 20.3 Å². The third kappa shape index (κ3) is 2.43. The summed E-state index contributed by atoms with van der Waals surface area (Å²) in [6.45, 7) is 3.29. The van der Waals surface area contributed by atoms with E-state index in [4.69, 9.17) is 5.11 Å². The molecule has 5 nitrogen and oxygen atoms in total. The summed E-state index contributed by atoms with van der Waals surface area (Å²) in [5.74, 6) is -1.59. The van der Waals surface area contributed by atoms with Crippen molar-refractivity contribution in [2.24, 2.45) is 0 Å². The zero-order valence-electron chi connectivity index (χ0n) is 8.47. The van der Waals surface area contributed by atoms with Crippen LogP contribution in [-0.4, -0.2) is 44.2 Å². The van der Waals surface area contributed by atoms with Gasteiger partial charge >= 0.3 is 5.97 Å². The van der Waals surface area contributed by atoms with Crippen molar-refractivity contribution in [3.8, 4) is 0 Å². The summed E-state index contributed by atoms with van der Waals surface area (Å²) in [7, 11) is 0. The van der Waals surface area contributed by atoms with Gasteiger partial charge in [0.15, 0.2) is 0 Å². The molecule has 0 fully saturated rings. The lowest BCUT2D eigenvalue weighted by atomic mass is 9.86. The monoisotopic (exact) mass is 206 g/mol. The maximum absolute atomic E-state index is 10.8. The molecule has 5 heteroatoms. The Morgan fingerprint density at radius 3 is 2.07 bits per heavy atom. The molecule has 0 spiro atoms. The first kappa shape index (κ1) is 13.4. The Bertz CT molecular complexity index is 194. The molecule has 3 unspecified atom stereocenters. The van der Waals surface area contributed by atoms with Crippen LogP contribution in [0, 0.1) is 0 Å². The van der Waals surface area contributed by atoms with Gasteiger partial charge in [0.2, 0.25) is 5.60 Å². The average molecular weight is 206 g/mol. The van der Waals surface area contributed by atoms with Gasteiger partial charge in [-0.2, -0.15) is 0 Å². The van der Waals surface area contributed by atoms with E-state index in [0.717, 1.165) is 0 Å². The number of carboxylic acid groups (broad SMARTS) is 1. The highest BCUT2D eigenvalue weighted by molar-refractivity contribution is 5.78. The number of hydrogen-bond acceptors (Lipinski definition) is 4. The molecule has 0 aliphatic carbocycles. The third-order valence-electron chi connectivity index (χ3n) is 2.31. The Morgan fingerprint density at radius 1 is 1.29 bits per heavy atom. The summed E-state index contributed by atoms with van der Waals surface area (Å²) in [6, 6.07) is 0. The van der Waals surface area contributed by atoms with Gasteiger partial charge in [-0.3, -0.25) is 0 Å². The summed E-state index contributed by atoms with van der Waals surface area (Å²) in [5.41, 5.74) is -2.45. The minimum Gasteiger partial charge on any atom is -0.479 e. The van der Waals surface area contributed by atoms with Gasteiger partial charge < -0.3 is 20.4 Å². The van der Waals surface area contributed by atoms with Crippen LogP contribution in [0.15, 0.2) is 0 Å². The number of rotatable bonds is 6. The van der Waals surface area contributed by atoms with Crippen LogP contribution in [-0.2, 0) is 4.79 Å². The normalized spacial score (nSPS) is 19.8. The average Bonchev–Trinajstić information content (AvgIpc) is 2.15. The largest absolute Gasteiger partial charge is 0.479 e. The van der Waals surface area contributed by atoms with Gasteiger partial charge in [0.1, 0.15) is 0 Å². The van der Waals surface area contributed by atoms with Crippen LogP contribution in [0.2, 0.25) is 0 Å². The number of aliphatic hydroxyl groups excluding tert-OH is 2. The summed E-state index contributed by atoms with van der Waals surface area (Å²) in [4.78, 5) is 10.8. The molecule has 0 saturated carbocycles. The van der Waals surface area contributed by atoms with Gasteiger partial charge in [-0.15, -0.1) is 0 Å². The molecule has 0 bridgehead atoms. The molecule has 84 valence electrons. The maximum Gasteiger partial charge on any atom is 0.341 e. The molecule has 0 aliphatic heterocycles. The second-order valence-corrected chi connectivity index (χ2v) is 3.36. The number of carboxylic acids is 1. The van der Waals surface area contributed by atoms with Gasteiger partial charge in [-0.05, 0) is 12.8 Å². The standard InChI is InChI=1S/C9H18O5/c1-3-5-7(11)9(14,8(12)13)6(10)4-2/h6-7,10-11,14H,3-5H2,1-2H3,(H,12,13). The summed E-state index contributed by atoms with van der Waals surface area (Å²) >= 11 is 0. The lowest BCUT2D eigenvalue weighted by Gasteiger charge is -2.32. The highest BCUT2D eigenvalue weighted by Crippen LogP contribution is 2.22. The fourth-order valence-corrected chi connectivity index (χ4v) is 1.31. The first-order chi connectivity index (χ1) is 6.41. The predicted octanol–water partition coefficient (Wildman–Crippen LogP) is -0.266. The zero-order valence-corrected chi connectivity index (χ0v) is 8.47. The minimum atomic E-state index is -2.45. The molecule has 0 aromatic heterocycles. The molecule has 0 radical (unpaired) electrons. The highest BCUT2D eigenvalue weighted by Gasteiger charge is 2.48. The van der Waals surface area contributed by atoms with E-state index in [2.05, 4.69) is 0 Å². The Morgan fingerprint density at radius 2 is 1.79 bits per heavy atom. The van der Waals surface area contributed by atoms with Crippen LogP contribution in [0.1, 0.15) is 33.1 Å². The SMILES string of the molecule is CCCC(O)C(O)(C(=O)O)C(O)CC. The van der Waals surface area contributed by atoms with Crippen molar-refractivity contribution in [1.82, 2.24) is 0 Å². The molecule has 0 aromatic rings. The quantitative estimate of drug-likeness (QED) is 0.479. The van der Waals surface area contributed by atoms with E-state index in [9.17, 15) is 20.1 Å². The van der Waals surface area contributed by atoms with Crippen molar-refractivity contribution in [1.29, 1.82) is 0 Å². The molecular formula is C9H18O5. The van der Waals surface area contributed by atoms with Gasteiger partial charge in [0.05, 0.1) is 12.2 Å². The smallest absolute Gasteiger partial charge is 0.341 e. The predicted molar refractivity (Wildman–Crippen MR) is 49.8 cm³/mol. The van der Waals surface area contributed by atoms with Crippen molar-refractivity contribution in [2.45, 2.75) is 50.9 Å². The lowest BCUT2D eigenvalue weighted by molar-refractivity contribution is -0.192. The summed E-state index contributed by atoms with van der Waals surface area (Å²) in [6.07, 6.45) is -2.15. The summed E-state index contributed by atoms with van der Waals surface area (Å²) in [5, 5.41) is 37.2. The second-order valence-electron chi connectivity index (χ2n) is 3.36. The van der Waals surface area contributed by atoms with E-state index in [0.29, 0.717) is 6.42 Å². The topological polar surface area (TPSA) is 98.0 Å². The van der Waals surface area contributed by atoms with Crippen LogP contribution >= 0.6 is 0 Å². The molecular weight excluding hydrogens is 188 g/mol. The van der Waals surface area contributed by atoms with Gasteiger partial charge in [0, 0.05) is 0 Å². The maximum atomic E-state index is 10.8. The van der Waals surface area contributed by atoms with E-state index in [1.54, 1.807) is 6.92 Å².